The molecule has 0 unspecified atom stereocenters. The number of ether oxygens (including phenoxy) is 1. The van der Waals surface area contributed by atoms with Crippen LogP contribution in [0, 0.1) is 20.8 Å². The maximum atomic E-state index is 12.9. The van der Waals surface area contributed by atoms with Gasteiger partial charge in [-0.15, -0.1) is 0 Å². The van der Waals surface area contributed by atoms with Crippen LogP contribution in [0.25, 0.3) is 11.1 Å². The zero-order valence-corrected chi connectivity index (χ0v) is 27.4. The number of carbonyl (C=O) groups excluding carboxylic acids is 4. The molecule has 1 aliphatic heterocycles. The smallest absolute Gasteiger partial charge is 0.266 e. The van der Waals surface area contributed by atoms with E-state index in [1.165, 1.54) is 22.4 Å². The van der Waals surface area contributed by atoms with Crippen LogP contribution < -0.4 is 9.64 Å². The number of hydrogen-bond acceptors (Lipinski definition) is 8. The number of fused-ring (bicyclic) bond motifs is 1. The van der Waals surface area contributed by atoms with E-state index in [1.54, 1.807) is 49.5 Å². The Labute approximate surface area is 284 Å². The molecule has 5 aromatic rings. The highest BCUT2D eigenvalue weighted by Gasteiger charge is 2.37. The van der Waals surface area contributed by atoms with E-state index in [0.29, 0.717) is 33.9 Å². The first-order valence-electron chi connectivity index (χ1n) is 15.3. The van der Waals surface area contributed by atoms with Crippen molar-refractivity contribution in [2.75, 3.05) is 11.9 Å². The van der Waals surface area contributed by atoms with E-state index in [4.69, 9.17) is 4.74 Å². The first-order valence-corrected chi connectivity index (χ1v) is 15.3. The molecule has 0 atom stereocenters. The molecule has 2 amide bonds. The summed E-state index contributed by atoms with van der Waals surface area (Å²) in [6.07, 6.45) is 5.16. The quantitative estimate of drug-likeness (QED) is 0.0726. The van der Waals surface area contributed by atoms with Crippen molar-refractivity contribution in [1.82, 2.24) is 0 Å². The van der Waals surface area contributed by atoms with Crippen LogP contribution in [-0.4, -0.2) is 37.4 Å². The van der Waals surface area contributed by atoms with Gasteiger partial charge in [-0.3, -0.25) is 14.6 Å². The molecule has 0 radical (unpaired) electrons. The Bertz CT molecular complexity index is 2090. The molecule has 0 aromatic heterocycles. The predicted octanol–water partition coefficient (Wildman–Crippen LogP) is 8.33. The summed E-state index contributed by atoms with van der Waals surface area (Å²) in [5.74, 6) is -0.215. The summed E-state index contributed by atoms with van der Waals surface area (Å²) in [7, 11) is 1.59. The van der Waals surface area contributed by atoms with Crippen LogP contribution in [-0.2, 0) is 16.0 Å². The molecule has 0 spiro atoms. The molecule has 9 nitrogen and oxygen atoms in total. The Morgan fingerprint density at radius 3 is 1.69 bits per heavy atom. The zero-order valence-electron chi connectivity index (χ0n) is 27.4. The highest BCUT2D eigenvalue weighted by molar-refractivity contribution is 6.34. The lowest BCUT2D eigenvalue weighted by Gasteiger charge is -2.14. The van der Waals surface area contributed by atoms with E-state index < -0.39 is 0 Å². The number of aryl methyl sites for hydroxylation is 3. The van der Waals surface area contributed by atoms with E-state index in [0.717, 1.165) is 34.2 Å². The second-order valence-corrected chi connectivity index (χ2v) is 11.4. The van der Waals surface area contributed by atoms with E-state index in [9.17, 15) is 19.2 Å². The molecule has 9 heteroatoms. The fourth-order valence-corrected chi connectivity index (χ4v) is 5.37. The molecule has 0 bridgehead atoms. The number of aliphatic imine (C=N–C) groups is 3. The van der Waals surface area contributed by atoms with Gasteiger partial charge in [-0.1, -0.05) is 54.1 Å². The predicted molar refractivity (Wildman–Crippen MR) is 190 cm³/mol. The number of hydrogen-bond donors (Lipinski definition) is 0. The summed E-state index contributed by atoms with van der Waals surface area (Å²) in [6, 6.07) is 32.0. The molecule has 1 aliphatic rings. The number of anilines is 1. The number of rotatable bonds is 8. The molecule has 49 heavy (non-hydrogen) atoms. The van der Waals surface area contributed by atoms with Crippen LogP contribution in [0.15, 0.2) is 118 Å². The first kappa shape index (κ1) is 33.8. The van der Waals surface area contributed by atoms with Crippen molar-refractivity contribution >= 4 is 47.4 Å². The average Bonchev–Trinajstić information content (AvgIpc) is 3.35. The Balaban J connectivity index is 0.000000205. The van der Waals surface area contributed by atoms with E-state index in [1.807, 2.05) is 62.4 Å². The molecule has 0 fully saturated rings. The monoisotopic (exact) mass is 648 g/mol. The van der Waals surface area contributed by atoms with Gasteiger partial charge in [0.05, 0.1) is 28.2 Å². The fourth-order valence-electron chi connectivity index (χ4n) is 5.37. The van der Waals surface area contributed by atoms with Crippen LogP contribution in [0.2, 0.25) is 0 Å². The summed E-state index contributed by atoms with van der Waals surface area (Å²) >= 11 is 0. The SMILES string of the molecule is CN=COc1ccc2c(c1)C(=O)N(c1ccc(Cc3ccc(C)cc3)cc1)C2=O.Cc1cc(-c2ccc(N=C=O)c(C)c2)ccc1N=C=O. The molecular formula is C40H32N4O5. The Kier molecular flexibility index (Phi) is 10.6. The van der Waals surface area contributed by atoms with E-state index >= 15 is 0 Å². The van der Waals surface area contributed by atoms with Gasteiger partial charge < -0.3 is 4.74 Å². The van der Waals surface area contributed by atoms with Gasteiger partial charge in [0.2, 0.25) is 12.2 Å². The second kappa shape index (κ2) is 15.4. The van der Waals surface area contributed by atoms with Gasteiger partial charge in [0.25, 0.3) is 11.8 Å². The van der Waals surface area contributed by atoms with Crippen molar-refractivity contribution in [2.24, 2.45) is 15.0 Å². The molecule has 0 saturated heterocycles. The lowest BCUT2D eigenvalue weighted by atomic mass is 10.00. The third-order valence-electron chi connectivity index (χ3n) is 7.93. The average molecular weight is 649 g/mol. The number of amides is 2. The second-order valence-electron chi connectivity index (χ2n) is 11.4. The van der Waals surface area contributed by atoms with Crippen LogP contribution in [0.5, 0.6) is 5.75 Å². The van der Waals surface area contributed by atoms with Gasteiger partial charge in [0, 0.05) is 7.05 Å². The van der Waals surface area contributed by atoms with Crippen LogP contribution in [0.1, 0.15) is 48.5 Å². The van der Waals surface area contributed by atoms with Gasteiger partial charge in [0.15, 0.2) is 6.40 Å². The minimum Gasteiger partial charge on any atom is -0.446 e. The standard InChI is InChI=1S/C24H20N2O3.C16H12N2O2/c1-16-3-5-17(6-4-16)13-18-7-9-19(10-8-18)26-23(27)21-12-11-20(29-15-25-2)14-22(21)24(26)28;1-11-7-13(3-5-15(11)17-9-19)14-4-6-16(18-10-20)12(2)8-14/h3-12,14-15H,13H2,1-2H3;3-8H,1-2H3. The Morgan fingerprint density at radius 1 is 0.653 bits per heavy atom. The van der Waals surface area contributed by atoms with Gasteiger partial charge in [0.1, 0.15) is 5.75 Å². The molecule has 0 aliphatic carbocycles. The summed E-state index contributed by atoms with van der Waals surface area (Å²) in [6.45, 7) is 5.84. The third-order valence-corrected chi connectivity index (χ3v) is 7.93. The van der Waals surface area contributed by atoms with Crippen LogP contribution in [0.3, 0.4) is 0 Å². The molecular weight excluding hydrogens is 616 g/mol. The van der Waals surface area contributed by atoms with Crippen molar-refractivity contribution in [1.29, 1.82) is 0 Å². The first-order chi connectivity index (χ1) is 23.7. The molecule has 0 saturated carbocycles. The fraction of sp³-hybridized carbons (Fsp3) is 0.125. The summed E-state index contributed by atoms with van der Waals surface area (Å²) < 4.78 is 5.31. The minimum absolute atomic E-state index is 0.327. The van der Waals surface area contributed by atoms with E-state index in [-0.39, 0.29) is 11.8 Å². The number of benzene rings is 5. The van der Waals surface area contributed by atoms with Gasteiger partial charge >= 0.3 is 0 Å². The summed E-state index contributed by atoms with van der Waals surface area (Å²) in [5.41, 5.74) is 9.87. The number of carbonyl (C=O) groups is 2. The van der Waals surface area contributed by atoms with Crippen molar-refractivity contribution in [3.63, 3.8) is 0 Å². The molecule has 6 rings (SSSR count). The van der Waals surface area contributed by atoms with Crippen molar-refractivity contribution in [3.8, 4) is 16.9 Å². The van der Waals surface area contributed by atoms with Gasteiger partial charge in [-0.25, -0.2) is 14.5 Å². The van der Waals surface area contributed by atoms with Gasteiger partial charge in [-0.2, -0.15) is 9.98 Å². The number of nitrogens with zero attached hydrogens (tertiary/aromatic N) is 4. The van der Waals surface area contributed by atoms with Crippen LogP contribution >= 0.6 is 0 Å². The summed E-state index contributed by atoms with van der Waals surface area (Å²) in [5, 5.41) is 0. The molecule has 5 aromatic carbocycles. The summed E-state index contributed by atoms with van der Waals surface area (Å²) in [4.78, 5) is 58.4. The molecule has 0 N–H and O–H groups in total. The number of imide groups is 1. The Morgan fingerprint density at radius 2 is 1.18 bits per heavy atom. The Hall–Kier alpha value is -6.53. The maximum absolute atomic E-state index is 12.9. The van der Waals surface area contributed by atoms with Crippen LogP contribution in [0.4, 0.5) is 17.1 Å². The molecule has 242 valence electrons. The topological polar surface area (TPSA) is 118 Å². The molecule has 1 heterocycles. The lowest BCUT2D eigenvalue weighted by Crippen LogP contribution is -2.29. The largest absolute Gasteiger partial charge is 0.446 e. The highest BCUT2D eigenvalue weighted by atomic mass is 16.5. The van der Waals surface area contributed by atoms with Gasteiger partial charge in [-0.05, 0) is 115 Å². The third kappa shape index (κ3) is 7.89. The lowest BCUT2D eigenvalue weighted by molar-refractivity contribution is 0.0926. The van der Waals surface area contributed by atoms with Crippen molar-refractivity contribution in [2.45, 2.75) is 27.2 Å². The van der Waals surface area contributed by atoms with Crippen molar-refractivity contribution < 1.29 is 23.9 Å². The minimum atomic E-state index is -0.352. The highest BCUT2D eigenvalue weighted by Crippen LogP contribution is 2.32. The maximum Gasteiger partial charge on any atom is 0.266 e. The number of isocyanates is 2. The normalized spacial score (nSPS) is 11.7. The van der Waals surface area contributed by atoms with Crippen molar-refractivity contribution in [3.05, 3.63) is 142 Å². The zero-order chi connectivity index (χ0) is 34.9. The van der Waals surface area contributed by atoms with E-state index in [2.05, 4.69) is 46.2 Å².